The molecule has 0 bridgehead atoms. The van der Waals surface area contributed by atoms with Gasteiger partial charge in [-0.25, -0.2) is 9.59 Å². The molecule has 1 aromatic heterocycles. The Bertz CT molecular complexity index is 1690. The van der Waals surface area contributed by atoms with E-state index in [9.17, 15) is 9.59 Å². The summed E-state index contributed by atoms with van der Waals surface area (Å²) in [4.78, 5) is 24.0. The van der Waals surface area contributed by atoms with E-state index in [0.717, 1.165) is 43.4 Å². The van der Waals surface area contributed by atoms with E-state index in [1.165, 1.54) is 9.40 Å². The quantitative estimate of drug-likeness (QED) is 0.185. The summed E-state index contributed by atoms with van der Waals surface area (Å²) in [7, 11) is 0. The van der Waals surface area contributed by atoms with E-state index >= 15 is 0 Å². The molecule has 0 saturated heterocycles. The van der Waals surface area contributed by atoms with Crippen molar-refractivity contribution in [1.29, 1.82) is 0 Å². The maximum absolute atomic E-state index is 12.1. The molecular formula is C30H24O4S. The highest BCUT2D eigenvalue weighted by atomic mass is 32.1. The number of ether oxygens (including phenoxy) is 2. The minimum absolute atomic E-state index is 0.173. The predicted molar refractivity (Wildman–Crippen MR) is 144 cm³/mol. The molecule has 0 spiro atoms. The van der Waals surface area contributed by atoms with Crippen molar-refractivity contribution in [1.82, 2.24) is 0 Å². The first-order chi connectivity index (χ1) is 16.8. The first-order valence-electron chi connectivity index (χ1n) is 11.3. The third-order valence-corrected chi connectivity index (χ3v) is 7.24. The van der Waals surface area contributed by atoms with Crippen molar-refractivity contribution in [2.24, 2.45) is 0 Å². The molecule has 0 unspecified atom stereocenters. The summed E-state index contributed by atoms with van der Waals surface area (Å²) >= 11 is 1.75. The molecule has 174 valence electrons. The molecular weight excluding hydrogens is 456 g/mol. The fourth-order valence-corrected chi connectivity index (χ4v) is 5.52. The standard InChI is InChI=1S/C30H24O4S/c1-17(2)29(31)33-15-19-9-10-20-11-12-26-27(24(20)13-19)25-14-21(16-34-30(32)18(3)4)22-7-5-6-8-23(22)28(25)35-26/h5-14H,1,3,15-16H2,2,4H3. The third-order valence-electron chi connectivity index (χ3n) is 6.04. The first-order valence-corrected chi connectivity index (χ1v) is 12.1. The maximum atomic E-state index is 12.1. The van der Waals surface area contributed by atoms with Crippen molar-refractivity contribution in [3.63, 3.8) is 0 Å². The van der Waals surface area contributed by atoms with Crippen molar-refractivity contribution in [2.75, 3.05) is 0 Å². The van der Waals surface area contributed by atoms with Gasteiger partial charge in [-0.1, -0.05) is 55.6 Å². The molecule has 5 heteroatoms. The second-order valence-electron chi connectivity index (χ2n) is 8.77. The molecule has 5 rings (SSSR count). The number of hydrogen-bond acceptors (Lipinski definition) is 5. The summed E-state index contributed by atoms with van der Waals surface area (Å²) in [5.41, 5.74) is 2.62. The van der Waals surface area contributed by atoms with Gasteiger partial charge in [-0.2, -0.15) is 0 Å². The van der Waals surface area contributed by atoms with Crippen molar-refractivity contribution < 1.29 is 19.1 Å². The average Bonchev–Trinajstić information content (AvgIpc) is 3.24. The van der Waals surface area contributed by atoms with Crippen LogP contribution in [-0.4, -0.2) is 11.9 Å². The number of fused-ring (bicyclic) bond motifs is 7. The predicted octanol–water partition coefficient (Wildman–Crippen LogP) is 7.60. The topological polar surface area (TPSA) is 52.6 Å². The fourth-order valence-electron chi connectivity index (χ4n) is 4.29. The molecule has 0 radical (unpaired) electrons. The SMILES string of the molecule is C=C(C)C(=O)OCc1ccc2ccc3sc4c5ccccc5c(COC(=O)C(=C)C)cc4c3c2c1. The summed E-state index contributed by atoms with van der Waals surface area (Å²) < 4.78 is 13.3. The lowest BCUT2D eigenvalue weighted by Crippen LogP contribution is -2.05. The van der Waals surface area contributed by atoms with Gasteiger partial charge in [0.15, 0.2) is 0 Å². The normalized spacial score (nSPS) is 11.3. The Morgan fingerprint density at radius 1 is 0.771 bits per heavy atom. The van der Waals surface area contributed by atoms with Crippen molar-refractivity contribution in [2.45, 2.75) is 27.1 Å². The number of esters is 2. The van der Waals surface area contributed by atoms with Crippen molar-refractivity contribution in [3.05, 3.63) is 96.1 Å². The molecule has 0 aliphatic rings. The van der Waals surface area contributed by atoms with Crippen LogP contribution in [0.15, 0.2) is 85.0 Å². The Morgan fingerprint density at radius 3 is 2.14 bits per heavy atom. The van der Waals surface area contributed by atoms with Crippen LogP contribution in [0.2, 0.25) is 0 Å². The largest absolute Gasteiger partial charge is 0.457 e. The smallest absolute Gasteiger partial charge is 0.333 e. The van der Waals surface area contributed by atoms with E-state index in [0.29, 0.717) is 11.1 Å². The van der Waals surface area contributed by atoms with Gasteiger partial charge in [-0.3, -0.25) is 0 Å². The molecule has 0 amide bonds. The molecule has 0 atom stereocenters. The fraction of sp³-hybridized carbons (Fsp3) is 0.133. The van der Waals surface area contributed by atoms with Gasteiger partial charge in [-0.15, -0.1) is 11.3 Å². The zero-order chi connectivity index (χ0) is 24.7. The summed E-state index contributed by atoms with van der Waals surface area (Å²) in [6.07, 6.45) is 0. The molecule has 0 fully saturated rings. The van der Waals surface area contributed by atoms with Crippen LogP contribution in [0.5, 0.6) is 0 Å². The number of hydrogen-bond donors (Lipinski definition) is 0. The van der Waals surface area contributed by atoms with Crippen molar-refractivity contribution >= 4 is 65.0 Å². The molecule has 5 aromatic rings. The van der Waals surface area contributed by atoms with Gasteiger partial charge in [0.1, 0.15) is 13.2 Å². The van der Waals surface area contributed by atoms with Crippen LogP contribution in [0.4, 0.5) is 0 Å². The van der Waals surface area contributed by atoms with E-state index < -0.39 is 11.9 Å². The molecule has 0 saturated carbocycles. The highest BCUT2D eigenvalue weighted by molar-refractivity contribution is 7.26. The summed E-state index contributed by atoms with van der Waals surface area (Å²) in [6, 6.07) is 20.7. The zero-order valence-electron chi connectivity index (χ0n) is 19.6. The molecule has 0 aliphatic carbocycles. The monoisotopic (exact) mass is 480 g/mol. The lowest BCUT2D eigenvalue weighted by atomic mass is 9.97. The molecule has 4 nitrogen and oxygen atoms in total. The second-order valence-corrected chi connectivity index (χ2v) is 9.82. The number of thiophene rings is 1. The van der Waals surface area contributed by atoms with E-state index in [1.54, 1.807) is 25.2 Å². The highest BCUT2D eigenvalue weighted by Crippen LogP contribution is 2.43. The van der Waals surface area contributed by atoms with Crippen LogP contribution >= 0.6 is 11.3 Å². The lowest BCUT2D eigenvalue weighted by Gasteiger charge is -2.10. The second kappa shape index (κ2) is 9.01. The van der Waals surface area contributed by atoms with Gasteiger partial charge in [0.2, 0.25) is 0 Å². The lowest BCUT2D eigenvalue weighted by molar-refractivity contribution is -0.141. The Labute approximate surface area is 207 Å². The van der Waals surface area contributed by atoms with E-state index in [-0.39, 0.29) is 13.2 Å². The first kappa shape index (κ1) is 22.8. The Balaban J connectivity index is 1.70. The number of carbonyl (C=O) groups excluding carboxylic acids is 2. The van der Waals surface area contributed by atoms with Crippen LogP contribution in [0.1, 0.15) is 25.0 Å². The maximum Gasteiger partial charge on any atom is 0.333 e. The number of benzene rings is 4. The van der Waals surface area contributed by atoms with E-state index in [1.807, 2.05) is 18.2 Å². The number of rotatable bonds is 6. The summed E-state index contributed by atoms with van der Waals surface area (Å²) in [5, 5.41) is 6.67. The Hall–Kier alpha value is -3.96. The third kappa shape index (κ3) is 4.19. The van der Waals surface area contributed by atoms with Gasteiger partial charge in [0, 0.05) is 31.3 Å². The number of carbonyl (C=O) groups is 2. The van der Waals surface area contributed by atoms with Gasteiger partial charge in [0.25, 0.3) is 0 Å². The minimum Gasteiger partial charge on any atom is -0.457 e. The van der Waals surface area contributed by atoms with Gasteiger partial charge < -0.3 is 9.47 Å². The molecule has 35 heavy (non-hydrogen) atoms. The molecule has 0 N–H and O–H groups in total. The van der Waals surface area contributed by atoms with Crippen LogP contribution in [-0.2, 0) is 32.3 Å². The van der Waals surface area contributed by atoms with Crippen LogP contribution in [0.25, 0.3) is 41.7 Å². The van der Waals surface area contributed by atoms with E-state index in [4.69, 9.17) is 9.47 Å². The summed E-state index contributed by atoms with van der Waals surface area (Å²) in [5.74, 6) is -0.798. The van der Waals surface area contributed by atoms with Crippen molar-refractivity contribution in [3.8, 4) is 0 Å². The molecule has 4 aromatic carbocycles. The molecule has 0 aliphatic heterocycles. The minimum atomic E-state index is -0.399. The van der Waals surface area contributed by atoms with Crippen LogP contribution in [0.3, 0.4) is 0 Å². The average molecular weight is 481 g/mol. The molecule has 1 heterocycles. The summed E-state index contributed by atoms with van der Waals surface area (Å²) in [6.45, 7) is 11.0. The zero-order valence-corrected chi connectivity index (χ0v) is 20.5. The highest BCUT2D eigenvalue weighted by Gasteiger charge is 2.16. The van der Waals surface area contributed by atoms with Gasteiger partial charge in [-0.05, 0) is 64.7 Å². The van der Waals surface area contributed by atoms with Crippen LogP contribution < -0.4 is 0 Å². The Morgan fingerprint density at radius 2 is 1.43 bits per heavy atom. The van der Waals surface area contributed by atoms with Gasteiger partial charge in [0.05, 0.1) is 0 Å². The van der Waals surface area contributed by atoms with Crippen LogP contribution in [0, 0.1) is 0 Å². The van der Waals surface area contributed by atoms with Gasteiger partial charge >= 0.3 is 11.9 Å². The van der Waals surface area contributed by atoms with E-state index in [2.05, 4.69) is 55.6 Å². The Kier molecular flexibility index (Phi) is 5.87.